The minimum atomic E-state index is 0.633. The van der Waals surface area contributed by atoms with Crippen LogP contribution in [-0.2, 0) is 6.42 Å². The summed E-state index contributed by atoms with van der Waals surface area (Å²) in [4.78, 5) is 4.59. The van der Waals surface area contributed by atoms with Crippen LogP contribution in [0.25, 0.3) is 10.9 Å². The summed E-state index contributed by atoms with van der Waals surface area (Å²) in [5, 5.41) is 1.81. The molecule has 0 aliphatic heterocycles. The highest BCUT2D eigenvalue weighted by atomic mass is 35.5. The molecule has 1 nitrogen and oxygen atoms in total. The lowest BCUT2D eigenvalue weighted by molar-refractivity contribution is 0.637. The van der Waals surface area contributed by atoms with Crippen molar-refractivity contribution in [2.45, 2.75) is 34.1 Å². The second-order valence-corrected chi connectivity index (χ2v) is 4.61. The molecule has 0 atom stereocenters. The fourth-order valence-corrected chi connectivity index (χ4v) is 1.92. The summed E-state index contributed by atoms with van der Waals surface area (Å²) in [5.74, 6) is 0.633. The van der Waals surface area contributed by atoms with Crippen LogP contribution in [0, 0.1) is 5.92 Å². The first kappa shape index (κ1) is 14.0. The van der Waals surface area contributed by atoms with E-state index in [1.54, 1.807) is 0 Å². The zero-order valence-electron chi connectivity index (χ0n) is 11.0. The number of halogens is 1. The van der Waals surface area contributed by atoms with Gasteiger partial charge in [0.2, 0.25) is 0 Å². The van der Waals surface area contributed by atoms with Crippen LogP contribution in [0.5, 0.6) is 0 Å². The monoisotopic (exact) mass is 249 g/mol. The predicted octanol–water partition coefficient (Wildman–Crippen LogP) is 5.11. The summed E-state index contributed by atoms with van der Waals surface area (Å²) in [7, 11) is 0. The van der Waals surface area contributed by atoms with Gasteiger partial charge in [-0.05, 0) is 36.6 Å². The molecule has 1 heterocycles. The number of fused-ring (bicyclic) bond motifs is 1. The fraction of sp³-hybridized carbons (Fsp3) is 0.400. The number of hydrogen-bond acceptors (Lipinski definition) is 1. The summed E-state index contributed by atoms with van der Waals surface area (Å²) in [6.45, 7) is 8.40. The van der Waals surface area contributed by atoms with E-state index in [2.05, 4.69) is 31.0 Å². The molecule has 0 amide bonds. The molecule has 1 aromatic heterocycles. The first-order valence-electron chi connectivity index (χ1n) is 6.21. The lowest BCUT2D eigenvalue weighted by Gasteiger charge is -2.06. The Labute approximate surface area is 109 Å². The standard InChI is InChI=1S/C13H14ClN.C2H6/c1-9(2)8-10-6-7-11-12(14)4-3-5-13(11)15-10;1-2/h3-7,9H,8H2,1-2H3;1-2H3. The fourth-order valence-electron chi connectivity index (χ4n) is 1.69. The number of nitrogens with zero attached hydrogens (tertiary/aromatic N) is 1. The van der Waals surface area contributed by atoms with Gasteiger partial charge in [-0.1, -0.05) is 45.4 Å². The van der Waals surface area contributed by atoms with Gasteiger partial charge in [0, 0.05) is 16.1 Å². The molecule has 0 fully saturated rings. The van der Waals surface area contributed by atoms with Crippen LogP contribution in [0.3, 0.4) is 0 Å². The highest BCUT2D eigenvalue weighted by molar-refractivity contribution is 6.35. The van der Waals surface area contributed by atoms with Crippen molar-refractivity contribution in [2.75, 3.05) is 0 Å². The maximum absolute atomic E-state index is 6.08. The van der Waals surface area contributed by atoms with E-state index >= 15 is 0 Å². The highest BCUT2D eigenvalue weighted by Gasteiger charge is 2.03. The van der Waals surface area contributed by atoms with Crippen LogP contribution in [0.15, 0.2) is 30.3 Å². The Morgan fingerprint density at radius 2 is 1.82 bits per heavy atom. The van der Waals surface area contributed by atoms with E-state index in [1.165, 1.54) is 0 Å². The summed E-state index contributed by atoms with van der Waals surface area (Å²) >= 11 is 6.08. The molecule has 0 bridgehead atoms. The molecule has 0 aliphatic rings. The number of hydrogen-bond donors (Lipinski definition) is 0. The van der Waals surface area contributed by atoms with Crippen LogP contribution in [0.2, 0.25) is 5.02 Å². The molecule has 1 aromatic carbocycles. The minimum Gasteiger partial charge on any atom is -0.253 e. The zero-order chi connectivity index (χ0) is 12.8. The third-order valence-corrected chi connectivity index (χ3v) is 2.68. The van der Waals surface area contributed by atoms with E-state index in [-0.39, 0.29) is 0 Å². The zero-order valence-corrected chi connectivity index (χ0v) is 11.8. The average Bonchev–Trinajstić information content (AvgIpc) is 2.31. The number of pyridine rings is 1. The van der Waals surface area contributed by atoms with Gasteiger partial charge in [0.1, 0.15) is 0 Å². The van der Waals surface area contributed by atoms with Crippen molar-refractivity contribution in [2.24, 2.45) is 5.92 Å². The lowest BCUT2D eigenvalue weighted by Crippen LogP contribution is -1.97. The molecule has 17 heavy (non-hydrogen) atoms. The maximum Gasteiger partial charge on any atom is 0.0720 e. The van der Waals surface area contributed by atoms with Gasteiger partial charge < -0.3 is 0 Å². The van der Waals surface area contributed by atoms with Gasteiger partial charge in [0.15, 0.2) is 0 Å². The Bertz CT molecular complexity index is 477. The van der Waals surface area contributed by atoms with Gasteiger partial charge in [0.25, 0.3) is 0 Å². The average molecular weight is 250 g/mol. The van der Waals surface area contributed by atoms with Gasteiger partial charge in [-0.15, -0.1) is 0 Å². The van der Waals surface area contributed by atoms with Crippen molar-refractivity contribution in [1.82, 2.24) is 4.98 Å². The molecule has 0 aliphatic carbocycles. The summed E-state index contributed by atoms with van der Waals surface area (Å²) < 4.78 is 0. The summed E-state index contributed by atoms with van der Waals surface area (Å²) in [5.41, 5.74) is 2.13. The van der Waals surface area contributed by atoms with Crippen LogP contribution in [0.1, 0.15) is 33.4 Å². The minimum absolute atomic E-state index is 0.633. The van der Waals surface area contributed by atoms with E-state index in [1.807, 2.05) is 32.0 Å². The Hall–Kier alpha value is -1.08. The molecule has 0 spiro atoms. The number of benzene rings is 1. The van der Waals surface area contributed by atoms with Gasteiger partial charge in [-0.25, -0.2) is 0 Å². The third kappa shape index (κ3) is 3.71. The van der Waals surface area contributed by atoms with E-state index in [0.29, 0.717) is 5.92 Å². The molecule has 0 radical (unpaired) electrons. The Morgan fingerprint density at radius 1 is 1.12 bits per heavy atom. The second-order valence-electron chi connectivity index (χ2n) is 4.21. The summed E-state index contributed by atoms with van der Waals surface area (Å²) in [6, 6.07) is 9.96. The van der Waals surface area contributed by atoms with Gasteiger partial charge in [-0.3, -0.25) is 4.98 Å². The molecule has 2 rings (SSSR count). The van der Waals surface area contributed by atoms with Crippen LogP contribution >= 0.6 is 11.6 Å². The first-order valence-corrected chi connectivity index (χ1v) is 6.59. The van der Waals surface area contributed by atoms with Crippen LogP contribution in [-0.4, -0.2) is 4.98 Å². The van der Waals surface area contributed by atoms with E-state index < -0.39 is 0 Å². The highest BCUT2D eigenvalue weighted by Crippen LogP contribution is 2.22. The SMILES string of the molecule is CC.CC(C)Cc1ccc2c(Cl)cccc2n1. The van der Waals surface area contributed by atoms with Gasteiger partial charge in [0.05, 0.1) is 5.52 Å². The van der Waals surface area contributed by atoms with Gasteiger partial charge >= 0.3 is 0 Å². The summed E-state index contributed by atoms with van der Waals surface area (Å²) in [6.07, 6.45) is 1.02. The molecule has 0 saturated carbocycles. The van der Waals surface area contributed by atoms with Crippen molar-refractivity contribution >= 4 is 22.5 Å². The normalized spacial score (nSPS) is 10.2. The van der Waals surface area contributed by atoms with E-state index in [9.17, 15) is 0 Å². The van der Waals surface area contributed by atoms with Crippen molar-refractivity contribution in [3.63, 3.8) is 0 Å². The Kier molecular flexibility index (Phi) is 5.43. The third-order valence-electron chi connectivity index (χ3n) is 2.35. The maximum atomic E-state index is 6.08. The largest absolute Gasteiger partial charge is 0.253 e. The van der Waals surface area contributed by atoms with E-state index in [4.69, 9.17) is 11.6 Å². The van der Waals surface area contributed by atoms with Crippen LogP contribution < -0.4 is 0 Å². The van der Waals surface area contributed by atoms with Gasteiger partial charge in [-0.2, -0.15) is 0 Å². The molecule has 2 aromatic rings. The predicted molar refractivity (Wildman–Crippen MR) is 76.6 cm³/mol. The Balaban J connectivity index is 0.000000686. The smallest absolute Gasteiger partial charge is 0.0720 e. The lowest BCUT2D eigenvalue weighted by atomic mass is 10.1. The van der Waals surface area contributed by atoms with Crippen LogP contribution in [0.4, 0.5) is 0 Å². The molecule has 2 heteroatoms. The molecule has 0 unspecified atom stereocenters. The number of rotatable bonds is 2. The quantitative estimate of drug-likeness (QED) is 0.721. The van der Waals surface area contributed by atoms with Crippen molar-refractivity contribution in [3.05, 3.63) is 41.0 Å². The molecule has 0 saturated heterocycles. The van der Waals surface area contributed by atoms with E-state index in [0.717, 1.165) is 28.0 Å². The second kappa shape index (κ2) is 6.61. The molecule has 92 valence electrons. The van der Waals surface area contributed by atoms with Crippen molar-refractivity contribution < 1.29 is 0 Å². The van der Waals surface area contributed by atoms with Crippen molar-refractivity contribution in [3.8, 4) is 0 Å². The Morgan fingerprint density at radius 3 is 2.47 bits per heavy atom. The molecule has 0 N–H and O–H groups in total. The molecular weight excluding hydrogens is 230 g/mol. The van der Waals surface area contributed by atoms with Crippen molar-refractivity contribution in [1.29, 1.82) is 0 Å². The number of aromatic nitrogens is 1. The first-order chi connectivity index (χ1) is 8.16. The molecular formula is C15H20ClN. The topological polar surface area (TPSA) is 12.9 Å².